The van der Waals surface area contributed by atoms with E-state index in [-0.39, 0.29) is 0 Å². The Kier molecular flexibility index (Phi) is 2.12. The first-order valence-corrected chi connectivity index (χ1v) is 2.90. The lowest BCUT2D eigenvalue weighted by atomic mass is 10.2. The van der Waals surface area contributed by atoms with Gasteiger partial charge in [0, 0.05) is 5.56 Å². The molecule has 3 nitrogen and oxygen atoms in total. The van der Waals surface area contributed by atoms with Gasteiger partial charge in [0.15, 0.2) is 0 Å². The zero-order chi connectivity index (χ0) is 7.40. The molecule has 1 rings (SSSR count). The average molecular weight is 137 g/mol. The van der Waals surface area contributed by atoms with Crippen molar-refractivity contribution in [1.82, 2.24) is 0 Å². The van der Waals surface area contributed by atoms with Gasteiger partial charge in [0.05, 0.1) is 0 Å². The Morgan fingerprint density at radius 1 is 1.30 bits per heavy atom. The Balaban J connectivity index is 2.84. The molecule has 0 spiro atoms. The first-order valence-electron chi connectivity index (χ1n) is 2.90. The van der Waals surface area contributed by atoms with E-state index in [0.717, 1.165) is 0 Å². The highest BCUT2D eigenvalue weighted by Gasteiger charge is 2.03. The van der Waals surface area contributed by atoms with E-state index in [1.165, 1.54) is 0 Å². The molecule has 1 aromatic carbocycles. The molecule has 0 fully saturated rings. The highest BCUT2D eigenvalue weighted by molar-refractivity contribution is 5.16. The molecule has 1 aromatic rings. The van der Waals surface area contributed by atoms with E-state index in [0.29, 0.717) is 5.56 Å². The highest BCUT2D eigenvalue weighted by atomic mass is 16.3. The van der Waals surface area contributed by atoms with E-state index >= 15 is 0 Å². The van der Waals surface area contributed by atoms with Crippen molar-refractivity contribution in [2.75, 3.05) is 0 Å². The zero-order valence-electron chi connectivity index (χ0n) is 5.27. The number of aliphatic hydroxyl groups excluding tert-OH is 1. The lowest BCUT2D eigenvalue weighted by Crippen LogP contribution is -1.89. The number of hydrogen-bond donors (Lipinski definition) is 1. The van der Waals surface area contributed by atoms with Crippen LogP contribution in [0.15, 0.2) is 35.5 Å². The monoisotopic (exact) mass is 137 g/mol. The third kappa shape index (κ3) is 1.39. The number of aliphatic hydroxyl groups is 1. The smallest absolute Gasteiger partial charge is 0.213 e. The lowest BCUT2D eigenvalue weighted by molar-refractivity contribution is 0.187. The SMILES string of the molecule is O=NC(O)c1ccccc1. The predicted molar refractivity (Wildman–Crippen MR) is 37.2 cm³/mol. The molecule has 0 amide bonds. The maximum atomic E-state index is 9.81. The van der Waals surface area contributed by atoms with E-state index in [2.05, 4.69) is 5.18 Å². The van der Waals surface area contributed by atoms with Crippen molar-refractivity contribution in [3.63, 3.8) is 0 Å². The van der Waals surface area contributed by atoms with Crippen molar-refractivity contribution in [1.29, 1.82) is 0 Å². The Labute approximate surface area is 58.3 Å². The minimum atomic E-state index is -1.22. The third-order valence-electron chi connectivity index (χ3n) is 1.20. The summed E-state index contributed by atoms with van der Waals surface area (Å²) >= 11 is 0. The second kappa shape index (κ2) is 3.08. The van der Waals surface area contributed by atoms with Crippen LogP contribution in [-0.4, -0.2) is 5.11 Å². The van der Waals surface area contributed by atoms with Gasteiger partial charge in [-0.1, -0.05) is 30.3 Å². The van der Waals surface area contributed by atoms with Crippen LogP contribution < -0.4 is 0 Å². The third-order valence-corrected chi connectivity index (χ3v) is 1.20. The van der Waals surface area contributed by atoms with Gasteiger partial charge in [-0.25, -0.2) is 0 Å². The molecular formula is C7H7NO2. The largest absolute Gasteiger partial charge is 0.365 e. The fourth-order valence-corrected chi connectivity index (χ4v) is 0.686. The molecule has 0 aliphatic heterocycles. The fourth-order valence-electron chi connectivity index (χ4n) is 0.686. The second-order valence-corrected chi connectivity index (χ2v) is 1.89. The maximum absolute atomic E-state index is 9.81. The molecule has 0 aromatic heterocycles. The number of nitrogens with zero attached hydrogens (tertiary/aromatic N) is 1. The molecule has 0 radical (unpaired) electrons. The van der Waals surface area contributed by atoms with Crippen molar-refractivity contribution < 1.29 is 5.11 Å². The lowest BCUT2D eigenvalue weighted by Gasteiger charge is -1.98. The summed E-state index contributed by atoms with van der Waals surface area (Å²) in [5.74, 6) is 0. The molecule has 0 heterocycles. The molecule has 3 heteroatoms. The van der Waals surface area contributed by atoms with E-state index in [9.17, 15) is 4.91 Å². The number of nitroso groups, excluding NO2 is 1. The predicted octanol–water partition coefficient (Wildman–Crippen LogP) is 1.44. The fraction of sp³-hybridized carbons (Fsp3) is 0.143. The van der Waals surface area contributed by atoms with Crippen molar-refractivity contribution >= 4 is 0 Å². The number of hydrogen-bond acceptors (Lipinski definition) is 3. The summed E-state index contributed by atoms with van der Waals surface area (Å²) in [7, 11) is 0. The maximum Gasteiger partial charge on any atom is 0.213 e. The van der Waals surface area contributed by atoms with E-state index in [1.54, 1.807) is 30.3 Å². The summed E-state index contributed by atoms with van der Waals surface area (Å²) in [6, 6.07) is 8.58. The van der Waals surface area contributed by atoms with Crippen molar-refractivity contribution in [3.05, 3.63) is 40.8 Å². The van der Waals surface area contributed by atoms with Crippen LogP contribution >= 0.6 is 0 Å². The van der Waals surface area contributed by atoms with Crippen LogP contribution in [0.5, 0.6) is 0 Å². The summed E-state index contributed by atoms with van der Waals surface area (Å²) in [5, 5.41) is 11.3. The van der Waals surface area contributed by atoms with Crippen molar-refractivity contribution in [2.24, 2.45) is 5.18 Å². The van der Waals surface area contributed by atoms with Crippen LogP contribution in [0.3, 0.4) is 0 Å². The van der Waals surface area contributed by atoms with Crippen LogP contribution in [0.25, 0.3) is 0 Å². The first-order chi connectivity index (χ1) is 4.84. The van der Waals surface area contributed by atoms with E-state index < -0.39 is 6.23 Å². The zero-order valence-corrected chi connectivity index (χ0v) is 5.27. The Hall–Kier alpha value is -1.22. The Bertz CT molecular complexity index is 210. The molecule has 10 heavy (non-hydrogen) atoms. The van der Waals surface area contributed by atoms with Crippen molar-refractivity contribution in [2.45, 2.75) is 6.23 Å². The molecule has 52 valence electrons. The van der Waals surface area contributed by atoms with Gasteiger partial charge in [-0.15, -0.1) is 4.91 Å². The van der Waals surface area contributed by atoms with Crippen LogP contribution in [0.4, 0.5) is 0 Å². The Morgan fingerprint density at radius 2 is 1.90 bits per heavy atom. The number of benzene rings is 1. The molecular weight excluding hydrogens is 130 g/mol. The van der Waals surface area contributed by atoms with Gasteiger partial charge in [0.1, 0.15) is 0 Å². The van der Waals surface area contributed by atoms with Gasteiger partial charge >= 0.3 is 0 Å². The summed E-state index contributed by atoms with van der Waals surface area (Å²) in [6.45, 7) is 0. The van der Waals surface area contributed by atoms with E-state index in [1.807, 2.05) is 0 Å². The molecule has 0 saturated carbocycles. The first kappa shape index (κ1) is 6.89. The molecule has 1 unspecified atom stereocenters. The van der Waals surface area contributed by atoms with Gasteiger partial charge < -0.3 is 5.11 Å². The average Bonchev–Trinajstić information content (AvgIpc) is 2.05. The summed E-state index contributed by atoms with van der Waals surface area (Å²) in [5.41, 5.74) is 0.525. The van der Waals surface area contributed by atoms with Gasteiger partial charge in [0.25, 0.3) is 0 Å². The normalized spacial score (nSPS) is 12.5. The molecule has 0 saturated heterocycles. The molecule has 0 aliphatic carbocycles. The standard InChI is InChI=1S/C7H7NO2/c9-7(8-10)6-4-2-1-3-5-6/h1-5,7,9H. The summed E-state index contributed by atoms with van der Waals surface area (Å²) < 4.78 is 0. The molecule has 1 atom stereocenters. The van der Waals surface area contributed by atoms with Crippen LogP contribution in [0.2, 0.25) is 0 Å². The highest BCUT2D eigenvalue weighted by Crippen LogP contribution is 2.11. The molecule has 0 aliphatic rings. The summed E-state index contributed by atoms with van der Waals surface area (Å²) in [6.07, 6.45) is -1.22. The van der Waals surface area contributed by atoms with Crippen LogP contribution in [-0.2, 0) is 0 Å². The number of rotatable bonds is 2. The molecule has 1 N–H and O–H groups in total. The van der Waals surface area contributed by atoms with Crippen LogP contribution in [0, 0.1) is 4.91 Å². The molecule has 0 bridgehead atoms. The summed E-state index contributed by atoms with van der Waals surface area (Å²) in [4.78, 5) is 9.81. The minimum absolute atomic E-state index is 0.525. The van der Waals surface area contributed by atoms with Gasteiger partial charge in [-0.3, -0.25) is 0 Å². The van der Waals surface area contributed by atoms with Crippen LogP contribution in [0.1, 0.15) is 11.8 Å². The Morgan fingerprint density at radius 3 is 2.40 bits per heavy atom. The second-order valence-electron chi connectivity index (χ2n) is 1.89. The van der Waals surface area contributed by atoms with Gasteiger partial charge in [0.2, 0.25) is 6.23 Å². The van der Waals surface area contributed by atoms with Crippen molar-refractivity contribution in [3.8, 4) is 0 Å². The topological polar surface area (TPSA) is 49.7 Å². The van der Waals surface area contributed by atoms with Gasteiger partial charge in [-0.05, 0) is 5.18 Å². The quantitative estimate of drug-likeness (QED) is 0.627. The van der Waals surface area contributed by atoms with E-state index in [4.69, 9.17) is 5.11 Å². The van der Waals surface area contributed by atoms with Gasteiger partial charge in [-0.2, -0.15) is 0 Å². The minimum Gasteiger partial charge on any atom is -0.365 e.